The van der Waals surface area contributed by atoms with Gasteiger partial charge in [-0.1, -0.05) is 12.1 Å². The molecule has 0 amide bonds. The topological polar surface area (TPSA) is 38.3 Å². The summed E-state index contributed by atoms with van der Waals surface area (Å²) in [6.45, 7) is 4.70. The van der Waals surface area contributed by atoms with Crippen molar-refractivity contribution in [2.75, 3.05) is 6.54 Å². The van der Waals surface area contributed by atoms with E-state index in [4.69, 9.17) is 4.74 Å². The van der Waals surface area contributed by atoms with Crippen LogP contribution in [0.2, 0.25) is 0 Å². The largest absolute Gasteiger partial charge is 0.490 e. The maximum absolute atomic E-state index is 12.1. The molecule has 1 fully saturated rings. The van der Waals surface area contributed by atoms with Crippen LogP contribution in [0.3, 0.4) is 0 Å². The van der Waals surface area contributed by atoms with Crippen LogP contribution in [0.15, 0.2) is 24.3 Å². The lowest BCUT2D eigenvalue weighted by Crippen LogP contribution is -2.20. The van der Waals surface area contributed by atoms with E-state index in [1.54, 1.807) is 0 Å². The SMILES string of the molecule is CC(C)Oc1ccccc1C(=O)CCNC1CC1. The Hall–Kier alpha value is -1.35. The highest BCUT2D eigenvalue weighted by atomic mass is 16.5. The number of hydrogen-bond acceptors (Lipinski definition) is 3. The molecule has 0 aliphatic heterocycles. The number of nitrogens with one attached hydrogen (secondary N) is 1. The van der Waals surface area contributed by atoms with Gasteiger partial charge in [0.25, 0.3) is 0 Å². The molecule has 3 heteroatoms. The molecule has 0 heterocycles. The van der Waals surface area contributed by atoms with E-state index in [2.05, 4.69) is 5.32 Å². The predicted octanol–water partition coefficient (Wildman–Crippen LogP) is 2.80. The summed E-state index contributed by atoms with van der Waals surface area (Å²) in [5.74, 6) is 0.850. The second-order valence-corrected chi connectivity index (χ2v) is 5.06. The molecular formula is C15H21NO2. The quantitative estimate of drug-likeness (QED) is 0.753. The van der Waals surface area contributed by atoms with Gasteiger partial charge in [-0.15, -0.1) is 0 Å². The molecule has 18 heavy (non-hydrogen) atoms. The molecule has 2 rings (SSSR count). The van der Waals surface area contributed by atoms with Gasteiger partial charge in [-0.25, -0.2) is 0 Å². The number of benzene rings is 1. The average molecular weight is 247 g/mol. The number of ketones is 1. The third-order valence-electron chi connectivity index (χ3n) is 2.91. The van der Waals surface area contributed by atoms with Crippen LogP contribution in [-0.4, -0.2) is 24.5 Å². The predicted molar refractivity (Wildman–Crippen MR) is 72.2 cm³/mol. The zero-order chi connectivity index (χ0) is 13.0. The summed E-state index contributed by atoms with van der Waals surface area (Å²) in [4.78, 5) is 12.1. The minimum absolute atomic E-state index is 0.0866. The van der Waals surface area contributed by atoms with Crippen molar-refractivity contribution < 1.29 is 9.53 Å². The Bertz CT molecular complexity index is 411. The van der Waals surface area contributed by atoms with Crippen molar-refractivity contribution in [2.45, 2.75) is 45.3 Å². The highest BCUT2D eigenvalue weighted by Gasteiger charge is 2.20. The highest BCUT2D eigenvalue weighted by Crippen LogP contribution is 2.21. The summed E-state index contributed by atoms with van der Waals surface area (Å²) in [5.41, 5.74) is 0.698. The standard InChI is InChI=1S/C15H21NO2/c1-11(2)18-15-6-4-3-5-13(15)14(17)9-10-16-12-7-8-12/h3-6,11-12,16H,7-10H2,1-2H3. The Labute approximate surface area is 109 Å². The smallest absolute Gasteiger partial charge is 0.167 e. The fourth-order valence-electron chi connectivity index (χ4n) is 1.87. The minimum atomic E-state index is 0.0866. The van der Waals surface area contributed by atoms with Gasteiger partial charge >= 0.3 is 0 Å². The monoisotopic (exact) mass is 247 g/mol. The molecule has 1 aromatic rings. The van der Waals surface area contributed by atoms with Crippen molar-refractivity contribution in [1.29, 1.82) is 0 Å². The molecule has 0 aromatic heterocycles. The molecule has 1 saturated carbocycles. The zero-order valence-electron chi connectivity index (χ0n) is 11.1. The van der Waals surface area contributed by atoms with Gasteiger partial charge in [-0.3, -0.25) is 4.79 Å². The van der Waals surface area contributed by atoms with Gasteiger partial charge in [0, 0.05) is 19.0 Å². The van der Waals surface area contributed by atoms with Gasteiger partial charge in [0.1, 0.15) is 5.75 Å². The summed E-state index contributed by atoms with van der Waals surface area (Å²) in [6, 6.07) is 8.14. The van der Waals surface area contributed by atoms with Crippen molar-refractivity contribution in [3.05, 3.63) is 29.8 Å². The summed E-state index contributed by atoms with van der Waals surface area (Å²) in [5, 5.41) is 3.36. The van der Waals surface area contributed by atoms with Gasteiger partial charge in [0.05, 0.1) is 11.7 Å². The van der Waals surface area contributed by atoms with E-state index in [0.29, 0.717) is 23.8 Å². The molecular weight excluding hydrogens is 226 g/mol. The number of carbonyl (C=O) groups is 1. The summed E-state index contributed by atoms with van der Waals surface area (Å²) in [6.07, 6.45) is 3.13. The van der Waals surface area contributed by atoms with Crippen LogP contribution in [0.5, 0.6) is 5.75 Å². The molecule has 98 valence electrons. The lowest BCUT2D eigenvalue weighted by atomic mass is 10.1. The third kappa shape index (κ3) is 3.84. The number of ether oxygens (including phenoxy) is 1. The van der Waals surface area contributed by atoms with E-state index >= 15 is 0 Å². The molecule has 0 spiro atoms. The van der Waals surface area contributed by atoms with E-state index in [1.807, 2.05) is 38.1 Å². The molecule has 1 aromatic carbocycles. The third-order valence-corrected chi connectivity index (χ3v) is 2.91. The van der Waals surface area contributed by atoms with Crippen molar-refractivity contribution in [3.63, 3.8) is 0 Å². The van der Waals surface area contributed by atoms with Crippen molar-refractivity contribution >= 4 is 5.78 Å². The van der Waals surface area contributed by atoms with Gasteiger partial charge in [0.15, 0.2) is 5.78 Å². The van der Waals surface area contributed by atoms with Crippen LogP contribution < -0.4 is 10.1 Å². The molecule has 1 N–H and O–H groups in total. The maximum atomic E-state index is 12.1. The Morgan fingerprint density at radius 1 is 1.39 bits per heavy atom. The number of hydrogen-bond donors (Lipinski definition) is 1. The van der Waals surface area contributed by atoms with Crippen LogP contribution in [0.25, 0.3) is 0 Å². The number of para-hydroxylation sites is 1. The maximum Gasteiger partial charge on any atom is 0.167 e. The van der Waals surface area contributed by atoms with Crippen LogP contribution in [0, 0.1) is 0 Å². The first-order chi connectivity index (χ1) is 8.66. The molecule has 0 atom stereocenters. The van der Waals surface area contributed by atoms with Crippen LogP contribution >= 0.6 is 0 Å². The Kier molecular flexibility index (Phi) is 4.37. The summed E-state index contributed by atoms with van der Waals surface area (Å²) >= 11 is 0. The minimum Gasteiger partial charge on any atom is -0.490 e. The summed E-state index contributed by atoms with van der Waals surface area (Å²) in [7, 11) is 0. The van der Waals surface area contributed by atoms with E-state index in [9.17, 15) is 4.79 Å². The number of rotatable bonds is 7. The highest BCUT2D eigenvalue weighted by molar-refractivity contribution is 5.98. The van der Waals surface area contributed by atoms with Crippen molar-refractivity contribution in [2.24, 2.45) is 0 Å². The second-order valence-electron chi connectivity index (χ2n) is 5.06. The first-order valence-corrected chi connectivity index (χ1v) is 6.69. The van der Waals surface area contributed by atoms with E-state index in [0.717, 1.165) is 6.54 Å². The average Bonchev–Trinajstić information content (AvgIpc) is 3.13. The molecule has 1 aliphatic carbocycles. The van der Waals surface area contributed by atoms with Gasteiger partial charge < -0.3 is 10.1 Å². The Balaban J connectivity index is 1.94. The van der Waals surface area contributed by atoms with Crippen LogP contribution in [0.1, 0.15) is 43.5 Å². The van der Waals surface area contributed by atoms with E-state index < -0.39 is 0 Å². The molecule has 1 aliphatic rings. The van der Waals surface area contributed by atoms with Crippen LogP contribution in [-0.2, 0) is 0 Å². The Morgan fingerprint density at radius 2 is 2.11 bits per heavy atom. The lowest BCUT2D eigenvalue weighted by molar-refractivity contribution is 0.0977. The fraction of sp³-hybridized carbons (Fsp3) is 0.533. The molecule has 0 radical (unpaired) electrons. The fourth-order valence-corrected chi connectivity index (χ4v) is 1.87. The first kappa shape index (κ1) is 13.1. The number of Topliss-reactive ketones (excluding diaryl/α,β-unsaturated/α-hetero) is 1. The molecule has 0 bridgehead atoms. The van der Waals surface area contributed by atoms with E-state index in [-0.39, 0.29) is 11.9 Å². The summed E-state index contributed by atoms with van der Waals surface area (Å²) < 4.78 is 5.66. The van der Waals surface area contributed by atoms with Crippen molar-refractivity contribution in [1.82, 2.24) is 5.32 Å². The van der Waals surface area contributed by atoms with Gasteiger partial charge in [-0.05, 0) is 38.8 Å². The second kappa shape index (κ2) is 6.01. The van der Waals surface area contributed by atoms with Gasteiger partial charge in [0.2, 0.25) is 0 Å². The molecule has 0 unspecified atom stereocenters. The number of carbonyl (C=O) groups excluding carboxylic acids is 1. The van der Waals surface area contributed by atoms with Crippen LogP contribution in [0.4, 0.5) is 0 Å². The first-order valence-electron chi connectivity index (χ1n) is 6.69. The van der Waals surface area contributed by atoms with E-state index in [1.165, 1.54) is 12.8 Å². The zero-order valence-corrected chi connectivity index (χ0v) is 11.1. The lowest BCUT2D eigenvalue weighted by Gasteiger charge is -2.13. The molecule has 3 nitrogen and oxygen atoms in total. The molecule has 0 saturated heterocycles. The van der Waals surface area contributed by atoms with Crippen molar-refractivity contribution in [3.8, 4) is 5.75 Å². The normalized spacial score (nSPS) is 14.8. The van der Waals surface area contributed by atoms with Gasteiger partial charge in [-0.2, -0.15) is 0 Å². The Morgan fingerprint density at radius 3 is 2.78 bits per heavy atom.